The molecule has 0 aromatic heterocycles. The summed E-state index contributed by atoms with van der Waals surface area (Å²) in [6.07, 6.45) is 5.25. The van der Waals surface area contributed by atoms with Gasteiger partial charge in [0, 0.05) is 43.8 Å². The van der Waals surface area contributed by atoms with Crippen molar-refractivity contribution in [1.29, 1.82) is 0 Å². The van der Waals surface area contributed by atoms with Crippen molar-refractivity contribution >= 4 is 15.9 Å². The van der Waals surface area contributed by atoms with Gasteiger partial charge < -0.3 is 4.90 Å². The third-order valence-electron chi connectivity index (χ3n) is 7.06. The fraction of sp³-hybridized carbons (Fsp3) is 0.500. The Bertz CT molecular complexity index is 1140. The second-order valence-corrected chi connectivity index (χ2v) is 11.6. The van der Waals surface area contributed by atoms with E-state index in [0.29, 0.717) is 18.7 Å². The van der Waals surface area contributed by atoms with Gasteiger partial charge in [0.25, 0.3) is 5.91 Å². The molecule has 0 radical (unpaired) electrons. The van der Waals surface area contributed by atoms with E-state index in [2.05, 4.69) is 10.9 Å². The first-order chi connectivity index (χ1) is 16.8. The van der Waals surface area contributed by atoms with Crippen LogP contribution in [0.1, 0.15) is 67.4 Å². The van der Waals surface area contributed by atoms with E-state index in [0.717, 1.165) is 44.1 Å². The zero-order valence-corrected chi connectivity index (χ0v) is 21.2. The Balaban J connectivity index is 1.31. The molecule has 2 N–H and O–H groups in total. The normalized spacial score (nSPS) is 23.3. The quantitative estimate of drug-likeness (QED) is 0.573. The molecule has 0 aliphatic carbocycles. The van der Waals surface area contributed by atoms with Crippen molar-refractivity contribution in [3.8, 4) is 0 Å². The minimum absolute atomic E-state index is 0.0324. The first-order valence-electron chi connectivity index (χ1n) is 12.4. The number of sulfonamides is 1. The van der Waals surface area contributed by atoms with Gasteiger partial charge in [-0.3, -0.25) is 15.6 Å². The average Bonchev–Trinajstić information content (AvgIpc) is 3.33. The number of rotatable bonds is 8. The number of hydrazine groups is 1. The van der Waals surface area contributed by atoms with Crippen LogP contribution in [0, 0.1) is 5.82 Å². The van der Waals surface area contributed by atoms with Gasteiger partial charge in [-0.1, -0.05) is 24.6 Å². The molecule has 1 amide bonds. The summed E-state index contributed by atoms with van der Waals surface area (Å²) in [5.41, 5.74) is 7.80. The largest absolute Gasteiger partial charge is 0.342 e. The van der Waals surface area contributed by atoms with Crippen molar-refractivity contribution in [2.24, 2.45) is 0 Å². The molecular formula is C26H35FN4O3S. The zero-order valence-electron chi connectivity index (χ0n) is 20.4. The smallest absolute Gasteiger partial charge is 0.253 e. The number of halogens is 1. The van der Waals surface area contributed by atoms with Crippen LogP contribution >= 0.6 is 0 Å². The van der Waals surface area contributed by atoms with Crippen molar-refractivity contribution in [2.45, 2.75) is 68.5 Å². The monoisotopic (exact) mass is 502 g/mol. The molecule has 35 heavy (non-hydrogen) atoms. The molecule has 2 aliphatic rings. The molecular weight excluding hydrogens is 467 g/mol. The summed E-state index contributed by atoms with van der Waals surface area (Å²) in [6, 6.07) is 13.3. The van der Waals surface area contributed by atoms with Crippen LogP contribution < -0.4 is 10.9 Å². The van der Waals surface area contributed by atoms with Gasteiger partial charge in [0.05, 0.1) is 4.90 Å². The SMILES string of the molecule is CC1CCCCN1S(=O)(=O)c1cccc(C(=O)N(C)CCCC2CC(c3cccc(F)c3)NN2)c1. The van der Waals surface area contributed by atoms with Gasteiger partial charge in [0.2, 0.25) is 10.0 Å². The van der Waals surface area contributed by atoms with Crippen molar-refractivity contribution in [3.05, 3.63) is 65.5 Å². The number of amides is 1. The molecule has 7 nitrogen and oxygen atoms in total. The Hall–Kier alpha value is -2.33. The number of nitrogens with zero attached hydrogens (tertiary/aromatic N) is 2. The number of carbonyl (C=O) groups excluding carboxylic acids is 1. The van der Waals surface area contributed by atoms with Crippen LogP contribution in [0.15, 0.2) is 53.4 Å². The molecule has 3 atom stereocenters. The van der Waals surface area contributed by atoms with Crippen LogP contribution in [0.2, 0.25) is 0 Å². The molecule has 0 saturated carbocycles. The van der Waals surface area contributed by atoms with E-state index in [1.807, 2.05) is 13.0 Å². The van der Waals surface area contributed by atoms with Crippen molar-refractivity contribution < 1.29 is 17.6 Å². The van der Waals surface area contributed by atoms with Crippen molar-refractivity contribution in [1.82, 2.24) is 20.1 Å². The van der Waals surface area contributed by atoms with E-state index in [9.17, 15) is 17.6 Å². The lowest BCUT2D eigenvalue weighted by Crippen LogP contribution is -2.42. The molecule has 2 aromatic rings. The summed E-state index contributed by atoms with van der Waals surface area (Å²) < 4.78 is 41.4. The third kappa shape index (κ3) is 6.09. The predicted molar refractivity (Wildman–Crippen MR) is 134 cm³/mol. The van der Waals surface area contributed by atoms with Crippen LogP contribution in [0.3, 0.4) is 0 Å². The van der Waals surface area contributed by atoms with Crippen LogP contribution in [-0.4, -0.2) is 55.8 Å². The average molecular weight is 503 g/mol. The molecule has 2 saturated heterocycles. The van der Waals surface area contributed by atoms with Crippen molar-refractivity contribution in [3.63, 3.8) is 0 Å². The number of piperidine rings is 1. The maximum Gasteiger partial charge on any atom is 0.253 e. The number of carbonyl (C=O) groups is 1. The topological polar surface area (TPSA) is 81.8 Å². The molecule has 9 heteroatoms. The molecule has 2 fully saturated rings. The van der Waals surface area contributed by atoms with Gasteiger partial charge >= 0.3 is 0 Å². The molecule has 0 bridgehead atoms. The summed E-state index contributed by atoms with van der Waals surface area (Å²) in [4.78, 5) is 14.8. The molecule has 4 rings (SSSR count). The highest BCUT2D eigenvalue weighted by Gasteiger charge is 2.31. The van der Waals surface area contributed by atoms with E-state index in [4.69, 9.17) is 0 Å². The lowest BCUT2D eigenvalue weighted by Gasteiger charge is -2.32. The van der Waals surface area contributed by atoms with Gasteiger partial charge in [-0.05, 0) is 74.9 Å². The maximum absolute atomic E-state index is 13.5. The Labute approximate surface area is 207 Å². The van der Waals surface area contributed by atoms with Crippen LogP contribution in [0.25, 0.3) is 0 Å². The molecule has 2 aromatic carbocycles. The first-order valence-corrected chi connectivity index (χ1v) is 13.8. The Kier molecular flexibility index (Phi) is 8.21. The predicted octanol–water partition coefficient (Wildman–Crippen LogP) is 3.85. The summed E-state index contributed by atoms with van der Waals surface area (Å²) in [5, 5.41) is 0. The summed E-state index contributed by atoms with van der Waals surface area (Å²) in [5.74, 6) is -0.431. The number of nitrogens with one attached hydrogen (secondary N) is 2. The number of benzene rings is 2. The van der Waals surface area contributed by atoms with Crippen LogP contribution in [-0.2, 0) is 10.0 Å². The van der Waals surface area contributed by atoms with Gasteiger partial charge in [0.1, 0.15) is 5.82 Å². The Morgan fingerprint density at radius 2 is 1.94 bits per heavy atom. The second kappa shape index (κ2) is 11.2. The standard InChI is InChI=1S/C26H35FN4O3S/c1-19-8-3-4-15-31(19)35(33,34)24-13-6-10-21(17-24)26(32)30(2)14-7-12-23-18-25(29-28-23)20-9-5-11-22(27)16-20/h5-6,9-11,13,16-17,19,23,25,28-29H,3-4,7-8,12,14-15,18H2,1-2H3. The fourth-order valence-corrected chi connectivity index (χ4v) is 6.75. The van der Waals surface area contributed by atoms with Gasteiger partial charge in [-0.15, -0.1) is 0 Å². The van der Waals surface area contributed by atoms with Crippen LogP contribution in [0.5, 0.6) is 0 Å². The van der Waals surface area contributed by atoms with E-state index in [1.165, 1.54) is 12.1 Å². The highest BCUT2D eigenvalue weighted by atomic mass is 32.2. The third-order valence-corrected chi connectivity index (χ3v) is 9.06. The Morgan fingerprint density at radius 3 is 2.71 bits per heavy atom. The van der Waals surface area contributed by atoms with E-state index in [-0.39, 0.29) is 34.7 Å². The van der Waals surface area contributed by atoms with Crippen molar-refractivity contribution in [2.75, 3.05) is 20.1 Å². The second-order valence-electron chi connectivity index (χ2n) is 9.69. The van der Waals surface area contributed by atoms with E-state index in [1.54, 1.807) is 46.6 Å². The highest BCUT2D eigenvalue weighted by molar-refractivity contribution is 7.89. The minimum atomic E-state index is -3.63. The number of hydrogen-bond donors (Lipinski definition) is 2. The maximum atomic E-state index is 13.5. The first kappa shape index (κ1) is 25.8. The Morgan fingerprint density at radius 1 is 1.14 bits per heavy atom. The molecule has 2 heterocycles. The molecule has 2 aliphatic heterocycles. The lowest BCUT2D eigenvalue weighted by molar-refractivity contribution is 0.0791. The van der Waals surface area contributed by atoms with Gasteiger partial charge in [-0.25, -0.2) is 12.8 Å². The highest BCUT2D eigenvalue weighted by Crippen LogP contribution is 2.27. The van der Waals surface area contributed by atoms with Gasteiger partial charge in [0.15, 0.2) is 0 Å². The summed E-state index contributed by atoms with van der Waals surface area (Å²) in [7, 11) is -1.89. The zero-order chi connectivity index (χ0) is 25.0. The molecule has 0 spiro atoms. The minimum Gasteiger partial charge on any atom is -0.342 e. The summed E-state index contributed by atoms with van der Waals surface area (Å²) >= 11 is 0. The number of hydrogen-bond acceptors (Lipinski definition) is 5. The van der Waals surface area contributed by atoms with Crippen LogP contribution in [0.4, 0.5) is 4.39 Å². The van der Waals surface area contributed by atoms with E-state index < -0.39 is 10.0 Å². The molecule has 190 valence electrons. The fourth-order valence-electron chi connectivity index (χ4n) is 5.00. The van der Waals surface area contributed by atoms with E-state index >= 15 is 0 Å². The molecule has 3 unspecified atom stereocenters. The lowest BCUT2D eigenvalue weighted by atomic mass is 9.99. The van der Waals surface area contributed by atoms with Gasteiger partial charge in [-0.2, -0.15) is 4.31 Å². The summed E-state index contributed by atoms with van der Waals surface area (Å²) in [6.45, 7) is 3.02.